The third kappa shape index (κ3) is 4.66. The maximum Gasteiger partial charge on any atom is 0.257 e. The molecular formula is C16H21N3O3S. The number of amides is 1. The van der Waals surface area contributed by atoms with Crippen LogP contribution in [0.3, 0.4) is 0 Å². The molecule has 0 aliphatic rings. The van der Waals surface area contributed by atoms with Crippen molar-refractivity contribution in [1.29, 1.82) is 0 Å². The van der Waals surface area contributed by atoms with Crippen molar-refractivity contribution in [2.75, 3.05) is 19.5 Å². The second-order valence-corrected chi connectivity index (χ2v) is 6.04. The number of anilines is 1. The van der Waals surface area contributed by atoms with Crippen LogP contribution in [0.15, 0.2) is 18.2 Å². The van der Waals surface area contributed by atoms with E-state index in [1.165, 1.54) is 31.3 Å². The van der Waals surface area contributed by atoms with E-state index in [0.717, 1.165) is 17.8 Å². The van der Waals surface area contributed by atoms with Crippen molar-refractivity contribution < 1.29 is 14.3 Å². The number of methoxy groups -OCH3 is 2. The average molecular weight is 335 g/mol. The molecular weight excluding hydrogens is 314 g/mol. The highest BCUT2D eigenvalue weighted by molar-refractivity contribution is 7.15. The summed E-state index contributed by atoms with van der Waals surface area (Å²) in [5.74, 6) is 0.845. The van der Waals surface area contributed by atoms with E-state index in [-0.39, 0.29) is 5.91 Å². The summed E-state index contributed by atoms with van der Waals surface area (Å²) >= 11 is 1.41. The van der Waals surface area contributed by atoms with E-state index in [9.17, 15) is 4.79 Å². The number of nitrogens with zero attached hydrogens (tertiary/aromatic N) is 2. The van der Waals surface area contributed by atoms with Gasteiger partial charge in [-0.3, -0.25) is 10.1 Å². The molecule has 0 atom stereocenters. The Morgan fingerprint density at radius 2 is 1.96 bits per heavy atom. The Hall–Kier alpha value is -2.15. The Morgan fingerprint density at radius 1 is 1.17 bits per heavy atom. The number of unbranched alkanes of at least 4 members (excludes halogenated alkanes) is 2. The Labute approximate surface area is 139 Å². The zero-order valence-corrected chi connectivity index (χ0v) is 14.4. The van der Waals surface area contributed by atoms with E-state index in [4.69, 9.17) is 9.47 Å². The highest BCUT2D eigenvalue weighted by atomic mass is 32.1. The molecule has 0 radical (unpaired) electrons. The van der Waals surface area contributed by atoms with Crippen LogP contribution in [0.4, 0.5) is 5.13 Å². The first kappa shape index (κ1) is 17.2. The fourth-order valence-corrected chi connectivity index (χ4v) is 2.85. The lowest BCUT2D eigenvalue weighted by Gasteiger charge is -2.08. The lowest BCUT2D eigenvalue weighted by atomic mass is 10.2. The fraction of sp³-hybridized carbons (Fsp3) is 0.438. The van der Waals surface area contributed by atoms with Crippen molar-refractivity contribution in [3.63, 3.8) is 0 Å². The minimum Gasteiger partial charge on any atom is -0.493 e. The van der Waals surface area contributed by atoms with Gasteiger partial charge < -0.3 is 9.47 Å². The second kappa shape index (κ2) is 8.47. The van der Waals surface area contributed by atoms with Crippen LogP contribution in [-0.2, 0) is 6.42 Å². The molecule has 0 saturated carbocycles. The summed E-state index contributed by atoms with van der Waals surface area (Å²) in [6.07, 6.45) is 4.33. The summed E-state index contributed by atoms with van der Waals surface area (Å²) in [5, 5.41) is 12.3. The quantitative estimate of drug-likeness (QED) is 0.747. The van der Waals surface area contributed by atoms with Gasteiger partial charge in [0.2, 0.25) is 5.13 Å². The molecule has 124 valence electrons. The third-order valence-corrected chi connectivity index (χ3v) is 4.23. The van der Waals surface area contributed by atoms with Gasteiger partial charge in [0.25, 0.3) is 5.91 Å². The van der Waals surface area contributed by atoms with Gasteiger partial charge in [0.1, 0.15) is 5.01 Å². The average Bonchev–Trinajstić information content (AvgIpc) is 3.01. The van der Waals surface area contributed by atoms with Crippen LogP contribution in [0, 0.1) is 0 Å². The van der Waals surface area contributed by atoms with Gasteiger partial charge in [-0.2, -0.15) is 0 Å². The molecule has 1 amide bonds. The van der Waals surface area contributed by atoms with Crippen molar-refractivity contribution in [1.82, 2.24) is 10.2 Å². The van der Waals surface area contributed by atoms with Gasteiger partial charge in [-0.05, 0) is 24.6 Å². The number of hydrogen-bond donors (Lipinski definition) is 1. The first-order chi connectivity index (χ1) is 11.2. The van der Waals surface area contributed by atoms with Crippen LogP contribution >= 0.6 is 11.3 Å². The summed E-state index contributed by atoms with van der Waals surface area (Å²) < 4.78 is 10.4. The highest BCUT2D eigenvalue weighted by Gasteiger charge is 2.13. The van der Waals surface area contributed by atoms with Gasteiger partial charge in [0.05, 0.1) is 14.2 Å². The molecule has 23 heavy (non-hydrogen) atoms. The number of rotatable bonds is 8. The number of aryl methyl sites for hydroxylation is 1. The third-order valence-electron chi connectivity index (χ3n) is 3.33. The zero-order valence-electron chi connectivity index (χ0n) is 13.6. The Kier molecular flexibility index (Phi) is 6.34. The number of nitrogens with one attached hydrogen (secondary N) is 1. The SMILES string of the molecule is CCCCCc1nnc(NC(=O)c2ccc(OC)c(OC)c2)s1. The molecule has 1 N–H and O–H groups in total. The summed E-state index contributed by atoms with van der Waals surface area (Å²) in [5.41, 5.74) is 0.477. The van der Waals surface area contributed by atoms with Crippen LogP contribution in [-0.4, -0.2) is 30.3 Å². The summed E-state index contributed by atoms with van der Waals surface area (Å²) in [4.78, 5) is 12.3. The molecule has 0 bridgehead atoms. The Bertz CT molecular complexity index is 658. The van der Waals surface area contributed by atoms with Crippen LogP contribution in [0.2, 0.25) is 0 Å². The molecule has 1 heterocycles. The first-order valence-electron chi connectivity index (χ1n) is 7.53. The van der Waals surface area contributed by atoms with Crippen LogP contribution in [0.1, 0.15) is 41.6 Å². The molecule has 0 aliphatic heterocycles. The van der Waals surface area contributed by atoms with Gasteiger partial charge in [0, 0.05) is 12.0 Å². The number of hydrogen-bond acceptors (Lipinski definition) is 6. The predicted molar refractivity (Wildman–Crippen MR) is 90.6 cm³/mol. The van der Waals surface area contributed by atoms with Crippen molar-refractivity contribution in [2.45, 2.75) is 32.6 Å². The molecule has 0 unspecified atom stereocenters. The van der Waals surface area contributed by atoms with Gasteiger partial charge in [0.15, 0.2) is 11.5 Å². The van der Waals surface area contributed by atoms with Gasteiger partial charge in [-0.15, -0.1) is 10.2 Å². The topological polar surface area (TPSA) is 73.3 Å². The van der Waals surface area contributed by atoms with E-state index in [1.807, 2.05) is 0 Å². The second-order valence-electron chi connectivity index (χ2n) is 4.98. The number of carbonyl (C=O) groups is 1. The first-order valence-corrected chi connectivity index (χ1v) is 8.35. The maximum absolute atomic E-state index is 12.3. The minimum absolute atomic E-state index is 0.248. The molecule has 0 spiro atoms. The van der Waals surface area contributed by atoms with Crippen molar-refractivity contribution in [2.24, 2.45) is 0 Å². The normalized spacial score (nSPS) is 10.4. The van der Waals surface area contributed by atoms with E-state index in [0.29, 0.717) is 22.2 Å². The molecule has 0 saturated heterocycles. The van der Waals surface area contributed by atoms with E-state index in [2.05, 4.69) is 22.4 Å². The van der Waals surface area contributed by atoms with E-state index in [1.54, 1.807) is 25.3 Å². The standard InChI is InChI=1S/C16H21N3O3S/c1-4-5-6-7-14-18-19-16(23-14)17-15(20)11-8-9-12(21-2)13(10-11)22-3/h8-10H,4-7H2,1-3H3,(H,17,19,20). The van der Waals surface area contributed by atoms with Gasteiger partial charge >= 0.3 is 0 Å². The monoisotopic (exact) mass is 335 g/mol. The number of carbonyl (C=O) groups excluding carboxylic acids is 1. The molecule has 2 rings (SSSR count). The summed E-state index contributed by atoms with van der Waals surface area (Å²) in [6, 6.07) is 5.02. The summed E-state index contributed by atoms with van der Waals surface area (Å²) in [6.45, 7) is 2.16. The largest absolute Gasteiger partial charge is 0.493 e. The van der Waals surface area contributed by atoms with Gasteiger partial charge in [-0.25, -0.2) is 0 Å². The van der Waals surface area contributed by atoms with Crippen LogP contribution in [0.5, 0.6) is 11.5 Å². The number of aromatic nitrogens is 2. The molecule has 2 aromatic rings. The Balaban J connectivity index is 2.01. The molecule has 0 fully saturated rings. The minimum atomic E-state index is -0.248. The predicted octanol–water partition coefficient (Wildman–Crippen LogP) is 3.54. The van der Waals surface area contributed by atoms with Crippen LogP contribution < -0.4 is 14.8 Å². The van der Waals surface area contributed by atoms with E-state index >= 15 is 0 Å². The highest BCUT2D eigenvalue weighted by Crippen LogP contribution is 2.28. The smallest absolute Gasteiger partial charge is 0.257 e. The van der Waals surface area contributed by atoms with Crippen molar-refractivity contribution in [3.8, 4) is 11.5 Å². The number of ether oxygens (including phenoxy) is 2. The van der Waals surface area contributed by atoms with E-state index < -0.39 is 0 Å². The molecule has 1 aromatic heterocycles. The van der Waals surface area contributed by atoms with Crippen molar-refractivity contribution >= 4 is 22.4 Å². The Morgan fingerprint density at radius 3 is 2.65 bits per heavy atom. The van der Waals surface area contributed by atoms with Crippen molar-refractivity contribution in [3.05, 3.63) is 28.8 Å². The molecule has 0 aliphatic carbocycles. The molecule has 6 nitrogen and oxygen atoms in total. The van der Waals surface area contributed by atoms with Crippen LogP contribution in [0.25, 0.3) is 0 Å². The lowest BCUT2D eigenvalue weighted by molar-refractivity contribution is 0.102. The number of benzene rings is 1. The van der Waals surface area contributed by atoms with Gasteiger partial charge in [-0.1, -0.05) is 31.1 Å². The molecule has 7 heteroatoms. The zero-order chi connectivity index (χ0) is 16.7. The fourth-order valence-electron chi connectivity index (χ4n) is 2.08. The maximum atomic E-state index is 12.3. The lowest BCUT2D eigenvalue weighted by Crippen LogP contribution is -2.11. The summed E-state index contributed by atoms with van der Waals surface area (Å²) in [7, 11) is 3.09. The molecule has 1 aromatic carbocycles.